The first-order valence-electron chi connectivity index (χ1n) is 19.0. The average Bonchev–Trinajstić information content (AvgIpc) is 3.02. The van der Waals surface area contributed by atoms with E-state index >= 15 is 0 Å². The molecule has 0 aromatic heterocycles. The number of rotatable bonds is 32. The highest BCUT2D eigenvalue weighted by Crippen LogP contribution is 2.13. The monoisotopic (exact) mass is 668 g/mol. The predicted octanol–water partition coefficient (Wildman–Crippen LogP) is 4.44. The van der Waals surface area contributed by atoms with Crippen LogP contribution in [0.3, 0.4) is 0 Å². The van der Waals surface area contributed by atoms with Crippen molar-refractivity contribution in [1.29, 1.82) is 0 Å². The van der Waals surface area contributed by atoms with Crippen LogP contribution in [0.4, 0.5) is 0 Å². The maximum atomic E-state index is 12.9. The Kier molecular flexibility index (Phi) is 29.6. The maximum absolute atomic E-state index is 12.9. The zero-order chi connectivity index (χ0) is 35.1. The third-order valence-corrected chi connectivity index (χ3v) is 8.56. The molecule has 11 nitrogen and oxygen atoms in total. The number of nitrogens with one attached hydrogen (secondary N) is 4. The van der Waals surface area contributed by atoms with Crippen molar-refractivity contribution in [2.75, 3.05) is 19.6 Å². The van der Waals surface area contributed by atoms with E-state index in [4.69, 9.17) is 17.2 Å². The molecule has 4 atom stereocenters. The van der Waals surface area contributed by atoms with Crippen molar-refractivity contribution in [3.8, 4) is 0 Å². The van der Waals surface area contributed by atoms with Gasteiger partial charge in [-0.1, -0.05) is 96.8 Å². The molecule has 0 radical (unpaired) electrons. The summed E-state index contributed by atoms with van der Waals surface area (Å²) in [5.41, 5.74) is 17.1. The second-order valence-corrected chi connectivity index (χ2v) is 13.4. The molecule has 0 aromatic rings. The molecule has 0 fully saturated rings. The van der Waals surface area contributed by atoms with Crippen molar-refractivity contribution in [3.63, 3.8) is 0 Å². The first kappa shape index (κ1) is 44.8. The number of carbonyl (C=O) groups is 4. The van der Waals surface area contributed by atoms with Crippen LogP contribution < -0.4 is 38.5 Å². The number of hydrogen-bond donors (Lipinski definition) is 7. The fourth-order valence-electron chi connectivity index (χ4n) is 5.62. The molecule has 0 saturated carbocycles. The first-order chi connectivity index (χ1) is 22.6. The van der Waals surface area contributed by atoms with Gasteiger partial charge < -0.3 is 38.5 Å². The third-order valence-electron chi connectivity index (χ3n) is 8.56. The number of carbonyl (C=O) groups excluding carboxylic acids is 4. The van der Waals surface area contributed by atoms with Crippen LogP contribution in [0, 0.1) is 0 Å². The molecule has 47 heavy (non-hydrogen) atoms. The Bertz CT molecular complexity index is 814. The van der Waals surface area contributed by atoms with Crippen LogP contribution in [-0.2, 0) is 19.2 Å². The van der Waals surface area contributed by atoms with Crippen LogP contribution in [0.25, 0.3) is 0 Å². The number of amides is 4. The summed E-state index contributed by atoms with van der Waals surface area (Å²) in [6.45, 7) is 7.28. The summed E-state index contributed by atoms with van der Waals surface area (Å²) in [4.78, 5) is 50.6. The molecule has 0 aliphatic heterocycles. The largest absolute Gasteiger partial charge is 0.354 e. The molecular formula is C36H73N7O4. The van der Waals surface area contributed by atoms with Crippen molar-refractivity contribution in [2.24, 2.45) is 17.2 Å². The molecule has 0 heterocycles. The lowest BCUT2D eigenvalue weighted by atomic mass is 10.0. The van der Waals surface area contributed by atoms with Crippen LogP contribution >= 0.6 is 0 Å². The minimum Gasteiger partial charge on any atom is -0.354 e. The summed E-state index contributed by atoms with van der Waals surface area (Å²) in [7, 11) is 0. The Hall–Kier alpha value is -2.24. The van der Waals surface area contributed by atoms with Crippen LogP contribution in [0.15, 0.2) is 0 Å². The van der Waals surface area contributed by atoms with Gasteiger partial charge in [0.2, 0.25) is 23.6 Å². The first-order valence-corrected chi connectivity index (χ1v) is 19.0. The summed E-state index contributed by atoms with van der Waals surface area (Å²) in [5.74, 6) is -1.18. The Morgan fingerprint density at radius 2 is 1.04 bits per heavy atom. The highest BCUT2D eigenvalue weighted by atomic mass is 16.2. The smallest absolute Gasteiger partial charge is 0.242 e. The van der Waals surface area contributed by atoms with Crippen LogP contribution in [0.5, 0.6) is 0 Å². The van der Waals surface area contributed by atoms with Gasteiger partial charge >= 0.3 is 0 Å². The Morgan fingerprint density at radius 1 is 0.553 bits per heavy atom. The van der Waals surface area contributed by atoms with E-state index in [0.717, 1.165) is 38.5 Å². The molecule has 11 heteroatoms. The van der Waals surface area contributed by atoms with Crippen molar-refractivity contribution < 1.29 is 19.2 Å². The molecule has 0 aliphatic carbocycles. The zero-order valence-electron chi connectivity index (χ0n) is 30.4. The third kappa shape index (κ3) is 27.4. The molecule has 10 N–H and O–H groups in total. The lowest BCUT2D eigenvalue weighted by Gasteiger charge is -2.21. The van der Waals surface area contributed by atoms with Gasteiger partial charge in [-0.05, 0) is 65.5 Å². The van der Waals surface area contributed by atoms with Gasteiger partial charge in [0.05, 0.1) is 0 Å². The van der Waals surface area contributed by atoms with Gasteiger partial charge in [0, 0.05) is 31.5 Å². The van der Waals surface area contributed by atoms with Gasteiger partial charge in [-0.2, -0.15) is 0 Å². The summed E-state index contributed by atoms with van der Waals surface area (Å²) in [6, 6.07) is -2.18. The van der Waals surface area contributed by atoms with Gasteiger partial charge in [0.1, 0.15) is 12.1 Å². The van der Waals surface area contributed by atoms with Gasteiger partial charge in [0.25, 0.3) is 0 Å². The molecule has 0 unspecified atom stereocenters. The standard InChI is InChI=1S/C36H73N7O4/c1-4-5-6-7-8-9-10-11-12-13-14-15-16-21-26-40-36(47)32(23-18-20-25-38)43-33(44)27-29(2)41-35(46)30(3)42-34(45)28-31(39)22-17-19-24-37/h29-32H,4-28,37-39H2,1-3H3,(H,40,47)(H,41,46)(H,42,45)(H,43,44)/t29-,30-,31-,32-/m0/s1. The van der Waals surface area contributed by atoms with Gasteiger partial charge in [0.15, 0.2) is 0 Å². The van der Waals surface area contributed by atoms with Crippen LogP contribution in [0.1, 0.15) is 162 Å². The van der Waals surface area contributed by atoms with Crippen molar-refractivity contribution in [2.45, 2.75) is 186 Å². The average molecular weight is 668 g/mol. The Morgan fingerprint density at radius 3 is 1.57 bits per heavy atom. The lowest BCUT2D eigenvalue weighted by molar-refractivity contribution is -0.130. The quantitative estimate of drug-likeness (QED) is 0.0515. The van der Waals surface area contributed by atoms with Gasteiger partial charge in [-0.25, -0.2) is 0 Å². The number of nitrogens with two attached hydrogens (primary N) is 3. The molecule has 0 bridgehead atoms. The molecular weight excluding hydrogens is 594 g/mol. The topological polar surface area (TPSA) is 194 Å². The van der Waals surface area contributed by atoms with E-state index in [1.807, 2.05) is 0 Å². The zero-order valence-corrected chi connectivity index (χ0v) is 30.4. The minimum absolute atomic E-state index is 0.0120. The van der Waals surface area contributed by atoms with E-state index in [0.29, 0.717) is 32.5 Å². The molecule has 276 valence electrons. The van der Waals surface area contributed by atoms with Crippen LogP contribution in [-0.4, -0.2) is 67.4 Å². The lowest BCUT2D eigenvalue weighted by Crippen LogP contribution is -2.50. The molecule has 0 aromatic carbocycles. The molecule has 0 rings (SSSR count). The number of unbranched alkanes of at least 4 members (excludes halogenated alkanes) is 15. The van der Waals surface area contributed by atoms with E-state index in [2.05, 4.69) is 28.2 Å². The Labute approximate surface area is 286 Å². The van der Waals surface area contributed by atoms with Gasteiger partial charge in [-0.15, -0.1) is 0 Å². The normalized spacial score (nSPS) is 13.7. The minimum atomic E-state index is -0.769. The molecule has 0 spiro atoms. The van der Waals surface area contributed by atoms with Gasteiger partial charge in [-0.3, -0.25) is 19.2 Å². The summed E-state index contributed by atoms with van der Waals surface area (Å²) in [5, 5.41) is 11.3. The maximum Gasteiger partial charge on any atom is 0.242 e. The van der Waals surface area contributed by atoms with E-state index in [-0.39, 0.29) is 42.5 Å². The molecule has 4 amide bonds. The highest BCUT2D eigenvalue weighted by Gasteiger charge is 2.23. The fraction of sp³-hybridized carbons (Fsp3) is 0.889. The SMILES string of the molecule is CCCCCCCCCCCCCCCCNC(=O)[C@H](CCCCN)NC(=O)C[C@H](C)NC(=O)[C@H](C)NC(=O)C[C@@H](N)CCCCN. The van der Waals surface area contributed by atoms with Crippen molar-refractivity contribution in [1.82, 2.24) is 21.3 Å². The van der Waals surface area contributed by atoms with Crippen molar-refractivity contribution in [3.05, 3.63) is 0 Å². The highest BCUT2D eigenvalue weighted by molar-refractivity contribution is 5.89. The fourth-order valence-corrected chi connectivity index (χ4v) is 5.62. The number of hydrogen-bond acceptors (Lipinski definition) is 7. The molecule has 0 saturated heterocycles. The summed E-state index contributed by atoms with van der Waals surface area (Å²) >= 11 is 0. The summed E-state index contributed by atoms with van der Waals surface area (Å²) in [6.07, 6.45) is 22.5. The van der Waals surface area contributed by atoms with Crippen LogP contribution in [0.2, 0.25) is 0 Å². The second-order valence-electron chi connectivity index (χ2n) is 13.4. The predicted molar refractivity (Wildman–Crippen MR) is 193 cm³/mol. The summed E-state index contributed by atoms with van der Waals surface area (Å²) < 4.78 is 0. The Balaban J connectivity index is 4.33. The molecule has 0 aliphatic rings. The van der Waals surface area contributed by atoms with E-state index in [1.165, 1.54) is 77.0 Å². The second kappa shape index (κ2) is 31.1. The van der Waals surface area contributed by atoms with E-state index in [9.17, 15) is 19.2 Å². The van der Waals surface area contributed by atoms with E-state index < -0.39 is 18.1 Å². The van der Waals surface area contributed by atoms with E-state index in [1.54, 1.807) is 13.8 Å². The van der Waals surface area contributed by atoms with Crippen molar-refractivity contribution >= 4 is 23.6 Å².